The largest absolute Gasteiger partial charge is 0.295 e. The highest BCUT2D eigenvalue weighted by Crippen LogP contribution is 2.34. The minimum absolute atomic E-state index is 0.0290. The fraction of sp³-hybridized carbons (Fsp3) is 0.130. The molecule has 4 rings (SSSR count). The number of imide groups is 1. The van der Waals surface area contributed by atoms with Gasteiger partial charge < -0.3 is 0 Å². The summed E-state index contributed by atoms with van der Waals surface area (Å²) in [6.07, 6.45) is 1.75. The maximum absolute atomic E-state index is 13.3. The second kappa shape index (κ2) is 10.1. The molecular formula is C23H19N3O3S3. The first-order valence-corrected chi connectivity index (χ1v) is 12.5. The summed E-state index contributed by atoms with van der Waals surface area (Å²) in [5.74, 6) is -0.827. The van der Waals surface area contributed by atoms with E-state index in [0.29, 0.717) is 15.4 Å². The number of aromatic nitrogens is 2. The van der Waals surface area contributed by atoms with Crippen LogP contribution < -0.4 is 10.9 Å². The van der Waals surface area contributed by atoms with Crippen LogP contribution >= 0.6 is 34.4 Å². The number of hydrogen-bond acceptors (Lipinski definition) is 7. The zero-order valence-electron chi connectivity index (χ0n) is 16.9. The Morgan fingerprint density at radius 1 is 1.12 bits per heavy atom. The van der Waals surface area contributed by atoms with Crippen molar-refractivity contribution < 1.29 is 9.59 Å². The van der Waals surface area contributed by atoms with Crippen molar-refractivity contribution >= 4 is 56.5 Å². The van der Waals surface area contributed by atoms with Crippen LogP contribution in [0.4, 0.5) is 0 Å². The van der Waals surface area contributed by atoms with Crippen molar-refractivity contribution in [2.45, 2.75) is 18.1 Å². The van der Waals surface area contributed by atoms with Crippen molar-refractivity contribution in [2.24, 2.45) is 0 Å². The second-order valence-electron chi connectivity index (χ2n) is 6.83. The van der Waals surface area contributed by atoms with Crippen LogP contribution in [-0.2, 0) is 22.6 Å². The molecule has 0 unspecified atom stereocenters. The topological polar surface area (TPSA) is 81.1 Å². The molecule has 0 radical (unpaired) electrons. The van der Waals surface area contributed by atoms with Gasteiger partial charge in [-0.1, -0.05) is 54.2 Å². The van der Waals surface area contributed by atoms with Crippen LogP contribution in [0.5, 0.6) is 0 Å². The van der Waals surface area contributed by atoms with Crippen LogP contribution in [0.1, 0.15) is 5.56 Å². The number of nitrogens with zero attached hydrogens (tertiary/aromatic N) is 2. The van der Waals surface area contributed by atoms with Crippen LogP contribution in [0.15, 0.2) is 75.8 Å². The van der Waals surface area contributed by atoms with E-state index in [-0.39, 0.29) is 30.2 Å². The molecule has 0 atom stereocenters. The molecule has 0 saturated heterocycles. The standard InChI is InChI=1S/C23H19N3O3S3/c1-2-10-26-22(29)20-16(17-9-6-11-30-17)13-31-21(20)25-23(26)32-14-19(28)24-18(27)12-15-7-4-3-5-8-15/h2-9,11,13H,1,10,12,14H2,(H,24,27,28). The third kappa shape index (κ3) is 4.90. The van der Waals surface area contributed by atoms with E-state index in [1.807, 2.05) is 53.2 Å². The second-order valence-corrected chi connectivity index (χ2v) is 9.58. The van der Waals surface area contributed by atoms with Crippen molar-refractivity contribution in [3.8, 4) is 10.4 Å². The molecule has 162 valence electrons. The molecule has 2 amide bonds. The number of carbonyl (C=O) groups excluding carboxylic acids is 2. The van der Waals surface area contributed by atoms with Gasteiger partial charge in [-0.05, 0) is 17.0 Å². The van der Waals surface area contributed by atoms with Gasteiger partial charge in [0.05, 0.1) is 17.6 Å². The normalized spacial score (nSPS) is 10.9. The smallest absolute Gasteiger partial charge is 0.263 e. The highest BCUT2D eigenvalue weighted by Gasteiger charge is 2.18. The number of hydrogen-bond donors (Lipinski definition) is 1. The van der Waals surface area contributed by atoms with Crippen molar-refractivity contribution in [2.75, 3.05) is 5.75 Å². The number of rotatable bonds is 8. The molecule has 0 aliphatic heterocycles. The summed E-state index contributed by atoms with van der Waals surface area (Å²) in [5.41, 5.74) is 1.54. The van der Waals surface area contributed by atoms with Gasteiger partial charge in [0.1, 0.15) is 4.83 Å². The lowest BCUT2D eigenvalue weighted by Crippen LogP contribution is -2.33. The molecule has 0 fully saturated rings. The molecular weight excluding hydrogens is 462 g/mol. The molecule has 3 heterocycles. The third-order valence-corrected chi connectivity index (χ3v) is 7.33. The van der Waals surface area contributed by atoms with E-state index in [9.17, 15) is 14.4 Å². The fourth-order valence-electron chi connectivity index (χ4n) is 3.17. The van der Waals surface area contributed by atoms with E-state index in [0.717, 1.165) is 27.8 Å². The summed E-state index contributed by atoms with van der Waals surface area (Å²) in [6.45, 7) is 4.01. The Bertz CT molecular complexity index is 1330. The number of thiophene rings is 2. The van der Waals surface area contributed by atoms with E-state index >= 15 is 0 Å². The summed E-state index contributed by atoms with van der Waals surface area (Å²) in [7, 11) is 0. The Morgan fingerprint density at radius 3 is 2.66 bits per heavy atom. The molecule has 4 aromatic rings. The lowest BCUT2D eigenvalue weighted by atomic mass is 10.1. The summed E-state index contributed by atoms with van der Waals surface area (Å²) < 4.78 is 1.52. The zero-order chi connectivity index (χ0) is 22.5. The Hall–Kier alpha value is -3.01. The van der Waals surface area contributed by atoms with E-state index in [4.69, 9.17) is 0 Å². The lowest BCUT2D eigenvalue weighted by Gasteiger charge is -2.10. The highest BCUT2D eigenvalue weighted by atomic mass is 32.2. The van der Waals surface area contributed by atoms with Gasteiger partial charge in [-0.25, -0.2) is 4.98 Å². The molecule has 0 aliphatic rings. The SMILES string of the molecule is C=CCn1c(SCC(=O)NC(=O)Cc2ccccc2)nc2scc(-c3cccs3)c2c1=O. The molecule has 0 spiro atoms. The molecule has 6 nitrogen and oxygen atoms in total. The van der Waals surface area contributed by atoms with Crippen molar-refractivity contribution in [1.29, 1.82) is 0 Å². The number of amides is 2. The van der Waals surface area contributed by atoms with Crippen molar-refractivity contribution in [3.05, 3.63) is 81.8 Å². The van der Waals surface area contributed by atoms with Gasteiger partial charge in [0, 0.05) is 22.4 Å². The average Bonchev–Trinajstić information content (AvgIpc) is 3.45. The first-order valence-electron chi connectivity index (χ1n) is 9.73. The fourth-order valence-corrected chi connectivity index (χ4v) is 5.78. The van der Waals surface area contributed by atoms with E-state index in [2.05, 4.69) is 16.9 Å². The summed E-state index contributed by atoms with van der Waals surface area (Å²) >= 11 is 4.10. The van der Waals surface area contributed by atoms with Gasteiger partial charge in [-0.3, -0.25) is 24.3 Å². The molecule has 0 aliphatic carbocycles. The number of fused-ring (bicyclic) bond motifs is 1. The molecule has 1 aromatic carbocycles. The van der Waals surface area contributed by atoms with Crippen LogP contribution in [0.3, 0.4) is 0 Å². The van der Waals surface area contributed by atoms with Crippen LogP contribution in [0.2, 0.25) is 0 Å². The van der Waals surface area contributed by atoms with Gasteiger partial charge in [-0.2, -0.15) is 0 Å². The molecule has 3 aromatic heterocycles. The molecule has 1 N–H and O–H groups in total. The molecule has 0 bridgehead atoms. The molecule has 0 saturated carbocycles. The van der Waals surface area contributed by atoms with Crippen molar-refractivity contribution in [1.82, 2.24) is 14.9 Å². The minimum atomic E-state index is -0.430. The Morgan fingerprint density at radius 2 is 1.94 bits per heavy atom. The van der Waals surface area contributed by atoms with E-state index in [1.165, 1.54) is 15.9 Å². The molecule has 32 heavy (non-hydrogen) atoms. The summed E-state index contributed by atoms with van der Waals surface area (Å²) in [6, 6.07) is 13.1. The van der Waals surface area contributed by atoms with Gasteiger partial charge in [0.2, 0.25) is 11.8 Å². The first-order chi connectivity index (χ1) is 15.6. The number of carbonyl (C=O) groups is 2. The Labute approximate surface area is 196 Å². The van der Waals surface area contributed by atoms with E-state index < -0.39 is 5.91 Å². The maximum Gasteiger partial charge on any atom is 0.263 e. The average molecular weight is 482 g/mol. The van der Waals surface area contributed by atoms with Gasteiger partial charge in [-0.15, -0.1) is 29.3 Å². The first kappa shape index (κ1) is 22.2. The van der Waals surface area contributed by atoms with Gasteiger partial charge in [0.25, 0.3) is 5.56 Å². The monoisotopic (exact) mass is 481 g/mol. The number of thioether (sulfide) groups is 1. The Kier molecular flexibility index (Phi) is 6.99. The minimum Gasteiger partial charge on any atom is -0.295 e. The van der Waals surface area contributed by atoms with Crippen LogP contribution in [-0.4, -0.2) is 27.1 Å². The lowest BCUT2D eigenvalue weighted by molar-refractivity contribution is -0.128. The summed E-state index contributed by atoms with van der Waals surface area (Å²) in [4.78, 5) is 44.0. The van der Waals surface area contributed by atoms with Crippen LogP contribution in [0, 0.1) is 0 Å². The Balaban J connectivity index is 1.52. The number of nitrogens with one attached hydrogen (secondary N) is 1. The van der Waals surface area contributed by atoms with Gasteiger partial charge >= 0.3 is 0 Å². The quantitative estimate of drug-likeness (QED) is 0.230. The van der Waals surface area contributed by atoms with Crippen molar-refractivity contribution in [3.63, 3.8) is 0 Å². The maximum atomic E-state index is 13.3. The summed E-state index contributed by atoms with van der Waals surface area (Å²) in [5, 5.41) is 7.30. The zero-order valence-corrected chi connectivity index (χ0v) is 19.4. The number of benzene rings is 1. The van der Waals surface area contributed by atoms with Gasteiger partial charge in [0.15, 0.2) is 5.16 Å². The predicted molar refractivity (Wildman–Crippen MR) is 131 cm³/mol. The van der Waals surface area contributed by atoms with E-state index in [1.54, 1.807) is 17.4 Å². The third-order valence-electron chi connectivity index (χ3n) is 4.58. The number of allylic oxidation sites excluding steroid dienone is 1. The predicted octanol–water partition coefficient (Wildman–Crippen LogP) is 4.35. The van der Waals surface area contributed by atoms with Crippen LogP contribution in [0.25, 0.3) is 20.7 Å². The molecule has 9 heteroatoms. The highest BCUT2D eigenvalue weighted by molar-refractivity contribution is 7.99.